The summed E-state index contributed by atoms with van der Waals surface area (Å²) in [5.74, 6) is -0.158. The number of aryl methyl sites for hydroxylation is 1. The zero-order valence-electron chi connectivity index (χ0n) is 17.6. The van der Waals surface area contributed by atoms with Gasteiger partial charge in [0.05, 0.1) is 6.54 Å². The summed E-state index contributed by atoms with van der Waals surface area (Å²) in [4.78, 5) is 28.7. The van der Waals surface area contributed by atoms with E-state index in [-0.39, 0.29) is 18.3 Å². The highest BCUT2D eigenvalue weighted by Gasteiger charge is 2.23. The SMILES string of the molecule is Cc1cccc(CN2CCN(C(=O)COC(=O)c3ccc(Cn4cccn4)o3)CC2)c1. The predicted molar refractivity (Wildman–Crippen MR) is 113 cm³/mol. The van der Waals surface area contributed by atoms with E-state index in [1.165, 1.54) is 11.1 Å². The molecule has 8 heteroatoms. The molecule has 1 amide bonds. The Hall–Kier alpha value is -3.39. The van der Waals surface area contributed by atoms with Gasteiger partial charge in [-0.2, -0.15) is 5.10 Å². The van der Waals surface area contributed by atoms with Crippen molar-refractivity contribution in [2.45, 2.75) is 20.0 Å². The van der Waals surface area contributed by atoms with Crippen LogP contribution in [0.25, 0.3) is 0 Å². The van der Waals surface area contributed by atoms with Gasteiger partial charge in [-0.1, -0.05) is 29.8 Å². The Morgan fingerprint density at radius 1 is 1.06 bits per heavy atom. The average molecular weight is 422 g/mol. The van der Waals surface area contributed by atoms with Gasteiger partial charge in [-0.3, -0.25) is 14.4 Å². The van der Waals surface area contributed by atoms with Crippen LogP contribution in [0.3, 0.4) is 0 Å². The first-order chi connectivity index (χ1) is 15.1. The van der Waals surface area contributed by atoms with Crippen LogP contribution < -0.4 is 0 Å². The number of aromatic nitrogens is 2. The first-order valence-corrected chi connectivity index (χ1v) is 10.4. The second-order valence-electron chi connectivity index (χ2n) is 7.69. The molecule has 2 aromatic heterocycles. The number of hydrogen-bond donors (Lipinski definition) is 0. The van der Waals surface area contributed by atoms with Crippen molar-refractivity contribution < 1.29 is 18.7 Å². The highest BCUT2D eigenvalue weighted by Crippen LogP contribution is 2.12. The van der Waals surface area contributed by atoms with Crippen molar-refractivity contribution in [1.29, 1.82) is 0 Å². The molecule has 0 N–H and O–H groups in total. The maximum Gasteiger partial charge on any atom is 0.374 e. The number of benzene rings is 1. The van der Waals surface area contributed by atoms with Crippen molar-refractivity contribution >= 4 is 11.9 Å². The fraction of sp³-hybridized carbons (Fsp3) is 0.348. The highest BCUT2D eigenvalue weighted by molar-refractivity contribution is 5.88. The van der Waals surface area contributed by atoms with Gasteiger partial charge in [-0.15, -0.1) is 0 Å². The lowest BCUT2D eigenvalue weighted by Crippen LogP contribution is -2.49. The Morgan fingerprint density at radius 2 is 1.90 bits per heavy atom. The minimum atomic E-state index is -0.641. The number of piperazine rings is 1. The fourth-order valence-electron chi connectivity index (χ4n) is 3.64. The number of esters is 1. The van der Waals surface area contributed by atoms with Gasteiger partial charge in [0.15, 0.2) is 6.61 Å². The van der Waals surface area contributed by atoms with Gasteiger partial charge in [0.2, 0.25) is 5.76 Å². The Balaban J connectivity index is 1.20. The number of carbonyl (C=O) groups excluding carboxylic acids is 2. The van der Waals surface area contributed by atoms with E-state index >= 15 is 0 Å². The van der Waals surface area contributed by atoms with Gasteiger partial charge in [-0.25, -0.2) is 4.79 Å². The van der Waals surface area contributed by atoms with Gasteiger partial charge >= 0.3 is 5.97 Å². The summed E-state index contributed by atoms with van der Waals surface area (Å²) < 4.78 is 12.4. The minimum absolute atomic E-state index is 0.0814. The maximum absolute atomic E-state index is 12.4. The predicted octanol–water partition coefficient (Wildman–Crippen LogP) is 2.33. The molecular formula is C23H26N4O4. The van der Waals surface area contributed by atoms with E-state index in [1.807, 2.05) is 6.07 Å². The molecule has 0 unspecified atom stereocenters. The van der Waals surface area contributed by atoms with Crippen LogP contribution in [0.1, 0.15) is 27.4 Å². The zero-order chi connectivity index (χ0) is 21.6. The molecule has 0 saturated carbocycles. The van der Waals surface area contributed by atoms with E-state index in [4.69, 9.17) is 9.15 Å². The lowest BCUT2D eigenvalue weighted by Gasteiger charge is -2.34. The minimum Gasteiger partial charge on any atom is -0.452 e. The molecule has 0 spiro atoms. The van der Waals surface area contributed by atoms with E-state index < -0.39 is 5.97 Å². The molecule has 1 saturated heterocycles. The van der Waals surface area contributed by atoms with Crippen LogP contribution in [0.4, 0.5) is 0 Å². The summed E-state index contributed by atoms with van der Waals surface area (Å²) in [6.07, 6.45) is 3.48. The average Bonchev–Trinajstić information content (AvgIpc) is 3.45. The molecule has 0 bridgehead atoms. The number of carbonyl (C=O) groups is 2. The van der Waals surface area contributed by atoms with Crippen LogP contribution in [0, 0.1) is 6.92 Å². The largest absolute Gasteiger partial charge is 0.452 e. The molecule has 0 aliphatic carbocycles. The van der Waals surface area contributed by atoms with Crippen molar-refractivity contribution in [3.63, 3.8) is 0 Å². The summed E-state index contributed by atoms with van der Waals surface area (Å²) in [5.41, 5.74) is 2.53. The Bertz CT molecular complexity index is 1020. The molecular weight excluding hydrogens is 396 g/mol. The molecule has 1 aliphatic rings. The molecule has 3 heterocycles. The van der Waals surface area contributed by atoms with Crippen molar-refractivity contribution in [3.8, 4) is 0 Å². The maximum atomic E-state index is 12.4. The summed E-state index contributed by atoms with van der Waals surface area (Å²) in [7, 11) is 0. The number of furan rings is 1. The monoisotopic (exact) mass is 422 g/mol. The third-order valence-corrected chi connectivity index (χ3v) is 5.28. The van der Waals surface area contributed by atoms with Gasteiger partial charge < -0.3 is 14.1 Å². The van der Waals surface area contributed by atoms with Crippen LogP contribution in [-0.2, 0) is 22.6 Å². The quantitative estimate of drug-likeness (QED) is 0.544. The Morgan fingerprint density at radius 3 is 2.65 bits per heavy atom. The number of rotatable bonds is 7. The van der Waals surface area contributed by atoms with Crippen LogP contribution in [0.15, 0.2) is 59.3 Å². The molecule has 8 nitrogen and oxygen atoms in total. The lowest BCUT2D eigenvalue weighted by molar-refractivity contribution is -0.136. The molecule has 1 fully saturated rings. The topological polar surface area (TPSA) is 80.8 Å². The van der Waals surface area contributed by atoms with Crippen molar-refractivity contribution in [1.82, 2.24) is 19.6 Å². The highest BCUT2D eigenvalue weighted by atomic mass is 16.5. The third-order valence-electron chi connectivity index (χ3n) is 5.28. The standard InChI is InChI=1S/C23H26N4O4/c1-18-4-2-5-19(14-18)15-25-10-12-26(13-11-25)22(28)17-30-23(29)21-7-6-20(31-21)16-27-9-3-8-24-27/h2-9,14H,10-13,15-17H2,1H3. The second kappa shape index (κ2) is 9.61. The van der Waals surface area contributed by atoms with Crippen LogP contribution >= 0.6 is 0 Å². The molecule has 0 atom stereocenters. The number of hydrogen-bond acceptors (Lipinski definition) is 6. The Kier molecular flexibility index (Phi) is 6.47. The first kappa shape index (κ1) is 20.9. The first-order valence-electron chi connectivity index (χ1n) is 10.4. The molecule has 4 rings (SSSR count). The smallest absolute Gasteiger partial charge is 0.374 e. The second-order valence-corrected chi connectivity index (χ2v) is 7.69. The van der Waals surface area contributed by atoms with E-state index in [0.717, 1.165) is 19.6 Å². The molecule has 1 aliphatic heterocycles. The van der Waals surface area contributed by atoms with Gasteiger partial charge in [0.1, 0.15) is 5.76 Å². The van der Waals surface area contributed by atoms with Gasteiger partial charge in [0, 0.05) is 45.1 Å². The number of nitrogens with zero attached hydrogens (tertiary/aromatic N) is 4. The molecule has 0 radical (unpaired) electrons. The summed E-state index contributed by atoms with van der Waals surface area (Å²) >= 11 is 0. The lowest BCUT2D eigenvalue weighted by atomic mass is 10.1. The van der Waals surface area contributed by atoms with E-state index in [9.17, 15) is 9.59 Å². The molecule has 1 aromatic carbocycles. The van der Waals surface area contributed by atoms with E-state index in [1.54, 1.807) is 34.1 Å². The van der Waals surface area contributed by atoms with E-state index in [0.29, 0.717) is 25.4 Å². The summed E-state index contributed by atoms with van der Waals surface area (Å²) in [6.45, 7) is 5.93. The van der Waals surface area contributed by atoms with E-state index in [2.05, 4.69) is 41.2 Å². The summed E-state index contributed by atoms with van der Waals surface area (Å²) in [5, 5.41) is 4.10. The van der Waals surface area contributed by atoms with Crippen molar-refractivity contribution in [3.05, 3.63) is 77.5 Å². The number of amides is 1. The molecule has 31 heavy (non-hydrogen) atoms. The summed E-state index contributed by atoms with van der Waals surface area (Å²) in [6, 6.07) is 13.5. The zero-order valence-corrected chi connectivity index (χ0v) is 17.6. The van der Waals surface area contributed by atoms with Crippen LogP contribution in [-0.4, -0.2) is 64.2 Å². The normalized spacial score (nSPS) is 14.5. The van der Waals surface area contributed by atoms with Crippen molar-refractivity contribution in [2.24, 2.45) is 0 Å². The van der Waals surface area contributed by atoms with Crippen LogP contribution in [0.5, 0.6) is 0 Å². The molecule has 3 aromatic rings. The van der Waals surface area contributed by atoms with Gasteiger partial charge in [-0.05, 0) is 30.7 Å². The third kappa shape index (κ3) is 5.61. The number of ether oxygens (including phenoxy) is 1. The van der Waals surface area contributed by atoms with Crippen molar-refractivity contribution in [2.75, 3.05) is 32.8 Å². The fourth-order valence-corrected chi connectivity index (χ4v) is 3.64. The Labute approximate surface area is 181 Å². The van der Waals surface area contributed by atoms with Crippen LogP contribution in [0.2, 0.25) is 0 Å². The molecule has 162 valence electrons. The van der Waals surface area contributed by atoms with Gasteiger partial charge in [0.25, 0.3) is 5.91 Å².